The molecule has 15 heavy (non-hydrogen) atoms. The number of aromatic amines is 1. The number of rotatable bonds is 2. The van der Waals surface area contributed by atoms with Crippen molar-refractivity contribution in [1.82, 2.24) is 10.2 Å². The van der Waals surface area contributed by atoms with Gasteiger partial charge in [0.1, 0.15) is 5.82 Å². The van der Waals surface area contributed by atoms with Crippen molar-refractivity contribution in [3.05, 3.63) is 40.8 Å². The third-order valence-corrected chi connectivity index (χ3v) is 2.57. The number of hydrogen-bond acceptors (Lipinski definition) is 1. The topological polar surface area (TPSA) is 28.7 Å². The first-order valence-electron chi connectivity index (χ1n) is 4.26. The number of nitrogens with one attached hydrogen (secondary N) is 1. The summed E-state index contributed by atoms with van der Waals surface area (Å²) in [5, 5.41) is 6.89. The molecule has 0 saturated carbocycles. The van der Waals surface area contributed by atoms with Crippen molar-refractivity contribution in [2.75, 3.05) is 0 Å². The maximum absolute atomic E-state index is 12.9. The van der Waals surface area contributed by atoms with E-state index in [1.54, 1.807) is 12.1 Å². The second-order valence-corrected chi connectivity index (χ2v) is 3.72. The highest BCUT2D eigenvalue weighted by atomic mass is 35.5. The van der Waals surface area contributed by atoms with E-state index < -0.39 is 5.82 Å². The summed E-state index contributed by atoms with van der Waals surface area (Å²) >= 11 is 11.3. The first-order valence-corrected chi connectivity index (χ1v) is 5.17. The Morgan fingerprint density at radius 2 is 2.13 bits per heavy atom. The zero-order chi connectivity index (χ0) is 10.8. The van der Waals surface area contributed by atoms with Gasteiger partial charge in [-0.05, 0) is 24.3 Å². The van der Waals surface area contributed by atoms with Gasteiger partial charge in [0, 0.05) is 5.56 Å². The molecule has 78 valence electrons. The van der Waals surface area contributed by atoms with E-state index in [9.17, 15) is 4.39 Å². The fourth-order valence-electron chi connectivity index (χ4n) is 1.23. The second kappa shape index (κ2) is 4.21. The summed E-state index contributed by atoms with van der Waals surface area (Å²) < 4.78 is 12.9. The molecule has 2 rings (SSSR count). The van der Waals surface area contributed by atoms with Crippen LogP contribution in [0.1, 0.15) is 5.69 Å². The molecule has 1 heterocycles. The lowest BCUT2D eigenvalue weighted by atomic mass is 10.1. The number of aromatic nitrogens is 2. The Morgan fingerprint density at radius 3 is 2.73 bits per heavy atom. The van der Waals surface area contributed by atoms with E-state index in [1.807, 2.05) is 0 Å². The van der Waals surface area contributed by atoms with Gasteiger partial charge in [-0.1, -0.05) is 11.6 Å². The van der Waals surface area contributed by atoms with Crippen LogP contribution in [0.4, 0.5) is 4.39 Å². The molecule has 0 aliphatic rings. The number of H-pyrrole nitrogens is 1. The van der Waals surface area contributed by atoms with Crippen molar-refractivity contribution < 1.29 is 4.39 Å². The smallest absolute Gasteiger partial charge is 0.141 e. The zero-order valence-corrected chi connectivity index (χ0v) is 9.11. The predicted octanol–water partition coefficient (Wildman–Crippen LogP) is 3.61. The second-order valence-electron chi connectivity index (χ2n) is 3.04. The molecule has 0 saturated heterocycles. The van der Waals surface area contributed by atoms with Gasteiger partial charge in [-0.15, -0.1) is 11.6 Å². The van der Waals surface area contributed by atoms with E-state index >= 15 is 0 Å². The Labute approximate surface area is 96.0 Å². The van der Waals surface area contributed by atoms with Crippen LogP contribution in [0, 0.1) is 5.82 Å². The lowest BCUT2D eigenvalue weighted by Gasteiger charge is -1.97. The van der Waals surface area contributed by atoms with Crippen LogP contribution >= 0.6 is 23.2 Å². The van der Waals surface area contributed by atoms with E-state index in [1.165, 1.54) is 12.1 Å². The van der Waals surface area contributed by atoms with Gasteiger partial charge in [-0.25, -0.2) is 4.39 Å². The summed E-state index contributed by atoms with van der Waals surface area (Å²) in [6.07, 6.45) is 0. The number of halogens is 3. The molecule has 0 radical (unpaired) electrons. The molecule has 1 aromatic heterocycles. The minimum absolute atomic E-state index is 0.0860. The van der Waals surface area contributed by atoms with Gasteiger partial charge < -0.3 is 0 Å². The van der Waals surface area contributed by atoms with Crippen molar-refractivity contribution >= 4 is 23.2 Å². The van der Waals surface area contributed by atoms with Gasteiger partial charge in [0.15, 0.2) is 0 Å². The molecule has 1 aromatic carbocycles. The maximum atomic E-state index is 12.9. The van der Waals surface area contributed by atoms with E-state index in [0.29, 0.717) is 11.6 Å². The summed E-state index contributed by atoms with van der Waals surface area (Å²) in [5.41, 5.74) is 2.27. The van der Waals surface area contributed by atoms with Gasteiger partial charge in [0.2, 0.25) is 0 Å². The standard InChI is InChI=1S/C10H7Cl2FN2/c11-5-7-4-10(15-14-7)6-1-2-9(13)8(12)3-6/h1-4H,5H2,(H,14,15). The van der Waals surface area contributed by atoms with Gasteiger partial charge in [-0.2, -0.15) is 5.10 Å². The average Bonchev–Trinajstić information content (AvgIpc) is 2.70. The van der Waals surface area contributed by atoms with Crippen molar-refractivity contribution in [2.45, 2.75) is 5.88 Å². The highest BCUT2D eigenvalue weighted by Gasteiger charge is 2.06. The van der Waals surface area contributed by atoms with Crippen LogP contribution in [0.2, 0.25) is 5.02 Å². The number of nitrogens with zero attached hydrogens (tertiary/aromatic N) is 1. The number of hydrogen-bond donors (Lipinski definition) is 1. The Hall–Kier alpha value is -1.06. The maximum Gasteiger partial charge on any atom is 0.141 e. The minimum Gasteiger partial charge on any atom is -0.281 e. The van der Waals surface area contributed by atoms with Crippen LogP contribution in [-0.2, 0) is 5.88 Å². The van der Waals surface area contributed by atoms with Crippen LogP contribution in [0.25, 0.3) is 11.3 Å². The summed E-state index contributed by atoms with van der Waals surface area (Å²) in [5.74, 6) is -0.0735. The summed E-state index contributed by atoms with van der Waals surface area (Å²) in [6.45, 7) is 0. The largest absolute Gasteiger partial charge is 0.281 e. The van der Waals surface area contributed by atoms with Crippen LogP contribution < -0.4 is 0 Å². The predicted molar refractivity (Wildman–Crippen MR) is 58.5 cm³/mol. The van der Waals surface area contributed by atoms with Crippen molar-refractivity contribution in [3.63, 3.8) is 0 Å². The normalized spacial score (nSPS) is 10.6. The molecule has 0 spiro atoms. The Balaban J connectivity index is 2.40. The zero-order valence-electron chi connectivity index (χ0n) is 7.60. The first-order chi connectivity index (χ1) is 7.20. The van der Waals surface area contributed by atoms with Crippen molar-refractivity contribution in [3.8, 4) is 11.3 Å². The highest BCUT2D eigenvalue weighted by Crippen LogP contribution is 2.24. The van der Waals surface area contributed by atoms with Crippen LogP contribution in [0.15, 0.2) is 24.3 Å². The van der Waals surface area contributed by atoms with Crippen LogP contribution in [-0.4, -0.2) is 10.2 Å². The Kier molecular flexibility index (Phi) is 2.93. The van der Waals surface area contributed by atoms with Crippen molar-refractivity contribution in [2.24, 2.45) is 0 Å². The summed E-state index contributed by atoms with van der Waals surface area (Å²) in [4.78, 5) is 0. The Morgan fingerprint density at radius 1 is 1.33 bits per heavy atom. The fraction of sp³-hybridized carbons (Fsp3) is 0.100. The van der Waals surface area contributed by atoms with Crippen LogP contribution in [0.5, 0.6) is 0 Å². The number of alkyl halides is 1. The van der Waals surface area contributed by atoms with Gasteiger partial charge in [0.05, 0.1) is 22.3 Å². The summed E-state index contributed by atoms with van der Waals surface area (Å²) in [7, 11) is 0. The third kappa shape index (κ3) is 2.13. The molecule has 5 heteroatoms. The molecular formula is C10H7Cl2FN2. The van der Waals surface area contributed by atoms with E-state index in [2.05, 4.69) is 10.2 Å². The third-order valence-electron chi connectivity index (χ3n) is 1.99. The molecule has 2 nitrogen and oxygen atoms in total. The molecule has 0 atom stereocenters. The molecule has 2 aromatic rings. The molecule has 1 N–H and O–H groups in total. The number of benzene rings is 1. The summed E-state index contributed by atoms with van der Waals surface area (Å²) in [6, 6.07) is 6.27. The van der Waals surface area contributed by atoms with E-state index in [-0.39, 0.29) is 5.02 Å². The van der Waals surface area contributed by atoms with Gasteiger partial charge >= 0.3 is 0 Å². The van der Waals surface area contributed by atoms with Crippen molar-refractivity contribution in [1.29, 1.82) is 0 Å². The Bertz CT molecular complexity index is 482. The molecule has 0 bridgehead atoms. The van der Waals surface area contributed by atoms with E-state index in [4.69, 9.17) is 23.2 Å². The quantitative estimate of drug-likeness (QED) is 0.804. The first kappa shape index (κ1) is 10.5. The lowest BCUT2D eigenvalue weighted by molar-refractivity contribution is 0.628. The lowest BCUT2D eigenvalue weighted by Crippen LogP contribution is -1.81. The average molecular weight is 245 g/mol. The molecule has 0 aliphatic heterocycles. The minimum atomic E-state index is -0.437. The molecule has 0 aliphatic carbocycles. The van der Waals surface area contributed by atoms with Gasteiger partial charge in [0.25, 0.3) is 0 Å². The monoisotopic (exact) mass is 244 g/mol. The molecular weight excluding hydrogens is 238 g/mol. The molecule has 0 fully saturated rings. The van der Waals surface area contributed by atoms with Gasteiger partial charge in [-0.3, -0.25) is 5.10 Å². The molecule has 0 amide bonds. The van der Waals surface area contributed by atoms with Crippen LogP contribution in [0.3, 0.4) is 0 Å². The highest BCUT2D eigenvalue weighted by molar-refractivity contribution is 6.31. The van der Waals surface area contributed by atoms with E-state index in [0.717, 1.165) is 11.3 Å². The SMILES string of the molecule is Fc1ccc(-c2cc(CCl)[nH]n2)cc1Cl. The fourth-order valence-corrected chi connectivity index (χ4v) is 1.55. The molecule has 0 unspecified atom stereocenters.